The number of rotatable bonds is 7. The van der Waals surface area contributed by atoms with Crippen LogP contribution >= 0.6 is 34.9 Å². The Kier molecular flexibility index (Phi) is 6.39. The molecule has 6 nitrogen and oxygen atoms in total. The normalized spacial score (nSPS) is 13.3. The first-order chi connectivity index (χ1) is 12.2. The lowest BCUT2D eigenvalue weighted by Gasteiger charge is -2.09. The highest BCUT2D eigenvalue weighted by molar-refractivity contribution is 7.99. The smallest absolute Gasteiger partial charge is 0.276 e. The summed E-state index contributed by atoms with van der Waals surface area (Å²) in [5.41, 5.74) is 1.79. The molecule has 0 radical (unpaired) electrons. The first-order valence-electron chi connectivity index (χ1n) is 8.00. The maximum Gasteiger partial charge on any atom is 0.276 e. The van der Waals surface area contributed by atoms with Crippen LogP contribution in [0.3, 0.4) is 0 Å². The van der Waals surface area contributed by atoms with Crippen molar-refractivity contribution in [3.63, 3.8) is 0 Å². The van der Waals surface area contributed by atoms with Gasteiger partial charge in [-0.1, -0.05) is 11.8 Å². The van der Waals surface area contributed by atoms with Crippen LogP contribution in [-0.2, 0) is 23.4 Å². The van der Waals surface area contributed by atoms with Crippen molar-refractivity contribution < 1.29 is 9.21 Å². The molecular weight excluding hydrogens is 376 g/mol. The molecule has 1 aliphatic rings. The Balaban J connectivity index is 1.52. The topological polar surface area (TPSA) is 91.8 Å². The van der Waals surface area contributed by atoms with Crippen LogP contribution in [0.1, 0.15) is 41.2 Å². The third-order valence-corrected chi connectivity index (χ3v) is 6.37. The second-order valence-electron chi connectivity index (χ2n) is 5.57. The standard InChI is InChI=1S/C16H18N4O2S3/c1-23-9-14-19-20-16(22-14)24-7-6-13(21)18-15-11(8-17)10-4-2-3-5-12(10)25-15/h2-7,9H2,1H3,(H,18,21). The molecule has 2 aromatic rings. The lowest BCUT2D eigenvalue weighted by atomic mass is 9.96. The van der Waals surface area contributed by atoms with E-state index in [9.17, 15) is 10.1 Å². The van der Waals surface area contributed by atoms with Crippen LogP contribution in [-0.4, -0.2) is 28.1 Å². The molecule has 1 N–H and O–H groups in total. The molecule has 0 unspecified atom stereocenters. The third-order valence-electron chi connectivity index (χ3n) is 3.81. The zero-order chi connectivity index (χ0) is 17.6. The zero-order valence-corrected chi connectivity index (χ0v) is 16.3. The number of thioether (sulfide) groups is 2. The minimum Gasteiger partial charge on any atom is -0.415 e. The number of aryl methyl sites for hydroxylation is 1. The second-order valence-corrected chi connectivity index (χ2v) is 8.59. The number of nitrogens with zero attached hydrogens (tertiary/aromatic N) is 3. The third kappa shape index (κ3) is 4.57. The molecule has 0 atom stereocenters. The Morgan fingerprint density at radius 3 is 3.04 bits per heavy atom. The van der Waals surface area contributed by atoms with Gasteiger partial charge in [-0.05, 0) is 37.5 Å². The van der Waals surface area contributed by atoms with E-state index in [0.29, 0.717) is 39.6 Å². The van der Waals surface area contributed by atoms with Gasteiger partial charge in [-0.2, -0.15) is 17.0 Å². The number of carbonyl (C=O) groups is 1. The molecule has 2 aromatic heterocycles. The molecule has 9 heteroatoms. The molecule has 0 aliphatic heterocycles. The number of nitriles is 1. The predicted octanol–water partition coefficient (Wildman–Crippen LogP) is 3.87. The lowest BCUT2D eigenvalue weighted by molar-refractivity contribution is -0.115. The number of fused-ring (bicyclic) bond motifs is 1. The highest BCUT2D eigenvalue weighted by Crippen LogP contribution is 2.37. The summed E-state index contributed by atoms with van der Waals surface area (Å²) < 4.78 is 5.46. The van der Waals surface area contributed by atoms with Crippen molar-refractivity contribution in [1.29, 1.82) is 5.26 Å². The van der Waals surface area contributed by atoms with Crippen LogP contribution in [0.4, 0.5) is 5.00 Å². The molecule has 0 bridgehead atoms. The van der Waals surface area contributed by atoms with E-state index in [2.05, 4.69) is 21.6 Å². The number of amides is 1. The molecule has 0 saturated heterocycles. The van der Waals surface area contributed by atoms with Gasteiger partial charge in [0.1, 0.15) is 11.1 Å². The number of carbonyl (C=O) groups excluding carboxylic acids is 1. The summed E-state index contributed by atoms with van der Waals surface area (Å²) in [5, 5.41) is 21.4. The van der Waals surface area contributed by atoms with E-state index in [4.69, 9.17) is 4.42 Å². The minimum atomic E-state index is -0.0913. The minimum absolute atomic E-state index is 0.0913. The molecule has 3 rings (SSSR count). The summed E-state index contributed by atoms with van der Waals surface area (Å²) in [4.78, 5) is 13.4. The SMILES string of the molecule is CSCc1nnc(SCCC(=O)Nc2sc3c(c2C#N)CCCC3)o1. The summed E-state index contributed by atoms with van der Waals surface area (Å²) in [5.74, 6) is 1.75. The van der Waals surface area contributed by atoms with Crippen LogP contribution in [0.15, 0.2) is 9.64 Å². The van der Waals surface area contributed by atoms with Crippen molar-refractivity contribution in [2.45, 2.75) is 43.1 Å². The van der Waals surface area contributed by atoms with Crippen LogP contribution in [0.25, 0.3) is 0 Å². The molecule has 1 aliphatic carbocycles. The number of hydrogen-bond donors (Lipinski definition) is 1. The maximum atomic E-state index is 12.2. The van der Waals surface area contributed by atoms with E-state index in [1.807, 2.05) is 6.26 Å². The summed E-state index contributed by atoms with van der Waals surface area (Å²) in [6.45, 7) is 0. The molecule has 2 heterocycles. The van der Waals surface area contributed by atoms with Crippen LogP contribution in [0, 0.1) is 11.3 Å². The van der Waals surface area contributed by atoms with E-state index in [1.54, 1.807) is 23.1 Å². The van der Waals surface area contributed by atoms with Crippen molar-refractivity contribution in [1.82, 2.24) is 10.2 Å². The molecular formula is C16H18N4O2S3. The number of aromatic nitrogens is 2. The zero-order valence-electron chi connectivity index (χ0n) is 13.8. The second kappa shape index (κ2) is 8.74. The van der Waals surface area contributed by atoms with E-state index in [-0.39, 0.29) is 5.91 Å². The van der Waals surface area contributed by atoms with E-state index >= 15 is 0 Å². The monoisotopic (exact) mass is 394 g/mol. The Morgan fingerprint density at radius 2 is 2.24 bits per heavy atom. The van der Waals surface area contributed by atoms with Crippen molar-refractivity contribution in [2.75, 3.05) is 17.3 Å². The van der Waals surface area contributed by atoms with Crippen molar-refractivity contribution in [3.8, 4) is 6.07 Å². The fourth-order valence-electron chi connectivity index (χ4n) is 2.67. The molecule has 132 valence electrons. The predicted molar refractivity (Wildman–Crippen MR) is 101 cm³/mol. The summed E-state index contributed by atoms with van der Waals surface area (Å²) in [6, 6.07) is 2.26. The maximum absolute atomic E-state index is 12.2. The molecule has 25 heavy (non-hydrogen) atoms. The van der Waals surface area contributed by atoms with Crippen molar-refractivity contribution in [2.24, 2.45) is 0 Å². The largest absolute Gasteiger partial charge is 0.415 e. The van der Waals surface area contributed by atoms with E-state index < -0.39 is 0 Å². The van der Waals surface area contributed by atoms with Gasteiger partial charge < -0.3 is 9.73 Å². The van der Waals surface area contributed by atoms with Gasteiger partial charge in [0.2, 0.25) is 11.8 Å². The van der Waals surface area contributed by atoms with E-state index in [1.165, 1.54) is 16.6 Å². The van der Waals surface area contributed by atoms with Gasteiger partial charge in [0.05, 0.1) is 11.3 Å². The fraction of sp³-hybridized carbons (Fsp3) is 0.500. The van der Waals surface area contributed by atoms with Crippen LogP contribution < -0.4 is 5.32 Å². The van der Waals surface area contributed by atoms with Gasteiger partial charge in [-0.25, -0.2) is 0 Å². The van der Waals surface area contributed by atoms with Gasteiger partial charge >= 0.3 is 0 Å². The quantitative estimate of drug-likeness (QED) is 0.713. The lowest BCUT2D eigenvalue weighted by Crippen LogP contribution is -2.12. The molecule has 0 fully saturated rings. The molecule has 1 amide bonds. The number of thiophene rings is 1. The Labute approximate surface area is 158 Å². The van der Waals surface area contributed by atoms with Gasteiger partial charge in [0.25, 0.3) is 5.22 Å². The first kappa shape index (κ1) is 18.3. The summed E-state index contributed by atoms with van der Waals surface area (Å²) in [7, 11) is 0. The first-order valence-corrected chi connectivity index (χ1v) is 11.2. The van der Waals surface area contributed by atoms with Gasteiger partial charge in [0.15, 0.2) is 0 Å². The summed E-state index contributed by atoms with van der Waals surface area (Å²) in [6.07, 6.45) is 6.53. The van der Waals surface area contributed by atoms with Crippen LogP contribution in [0.2, 0.25) is 0 Å². The van der Waals surface area contributed by atoms with E-state index in [0.717, 1.165) is 31.2 Å². The van der Waals surface area contributed by atoms with Gasteiger partial charge in [-0.15, -0.1) is 21.5 Å². The van der Waals surface area contributed by atoms with Crippen molar-refractivity contribution >= 4 is 45.8 Å². The Hall–Kier alpha value is -1.50. The fourth-order valence-corrected chi connectivity index (χ4v) is 5.01. The number of anilines is 1. The molecule has 0 saturated carbocycles. The highest BCUT2D eigenvalue weighted by atomic mass is 32.2. The average Bonchev–Trinajstić information content (AvgIpc) is 3.19. The van der Waals surface area contributed by atoms with Gasteiger partial charge in [-0.3, -0.25) is 4.79 Å². The molecule has 0 spiro atoms. The number of nitrogens with one attached hydrogen (secondary N) is 1. The Morgan fingerprint density at radius 1 is 1.40 bits per heavy atom. The molecule has 0 aromatic carbocycles. The van der Waals surface area contributed by atoms with Crippen LogP contribution in [0.5, 0.6) is 0 Å². The average molecular weight is 395 g/mol. The van der Waals surface area contributed by atoms with Gasteiger partial charge in [0, 0.05) is 17.1 Å². The summed E-state index contributed by atoms with van der Waals surface area (Å²) >= 11 is 4.54. The number of hydrogen-bond acceptors (Lipinski definition) is 8. The highest BCUT2D eigenvalue weighted by Gasteiger charge is 2.21. The van der Waals surface area contributed by atoms with Crippen molar-refractivity contribution in [3.05, 3.63) is 21.9 Å². The Bertz CT molecular complexity index is 794.